The molecule has 2 fully saturated rings. The number of hydrogen-bond donors (Lipinski definition) is 0. The van der Waals surface area contributed by atoms with Crippen molar-refractivity contribution in [1.29, 1.82) is 0 Å². The van der Waals surface area contributed by atoms with Crippen LogP contribution >= 0.6 is 0 Å². The summed E-state index contributed by atoms with van der Waals surface area (Å²) in [6, 6.07) is 0.183. The quantitative estimate of drug-likeness (QED) is 0.856. The minimum absolute atomic E-state index is 0.107. The normalized spacial score (nSPS) is 27.5. The van der Waals surface area contributed by atoms with Crippen molar-refractivity contribution in [2.75, 3.05) is 25.1 Å². The second kappa shape index (κ2) is 5.68. The van der Waals surface area contributed by atoms with E-state index in [1.165, 1.54) is 6.42 Å². The molecule has 0 radical (unpaired) electrons. The maximum atomic E-state index is 13.3. The molecular formula is C13H20F3N5O. The van der Waals surface area contributed by atoms with Gasteiger partial charge in [-0.3, -0.25) is 0 Å². The fraction of sp³-hybridized carbons (Fsp3) is 0.923. The Morgan fingerprint density at radius 2 is 1.95 bits per heavy atom. The van der Waals surface area contributed by atoms with Crippen molar-refractivity contribution in [1.82, 2.24) is 20.2 Å². The maximum absolute atomic E-state index is 13.3. The molecule has 2 heterocycles. The zero-order chi connectivity index (χ0) is 15.8. The molecular weight excluding hydrogens is 299 g/mol. The molecule has 9 heteroatoms. The van der Waals surface area contributed by atoms with Gasteiger partial charge >= 0.3 is 6.18 Å². The smallest absolute Gasteiger partial charge is 0.367 e. The van der Waals surface area contributed by atoms with Crippen LogP contribution in [0.2, 0.25) is 0 Å². The summed E-state index contributed by atoms with van der Waals surface area (Å²) >= 11 is 0. The van der Waals surface area contributed by atoms with Gasteiger partial charge in [-0.05, 0) is 23.3 Å². The van der Waals surface area contributed by atoms with Crippen LogP contribution in [-0.2, 0) is 4.74 Å². The van der Waals surface area contributed by atoms with Crippen LogP contribution in [0.15, 0.2) is 0 Å². The molecule has 22 heavy (non-hydrogen) atoms. The maximum Gasteiger partial charge on any atom is 0.419 e. The highest BCUT2D eigenvalue weighted by molar-refractivity contribution is 5.33. The first-order valence-electron chi connectivity index (χ1n) is 7.61. The van der Waals surface area contributed by atoms with Crippen molar-refractivity contribution in [3.63, 3.8) is 0 Å². The molecule has 1 saturated heterocycles. The lowest BCUT2D eigenvalue weighted by Gasteiger charge is -2.30. The predicted octanol–water partition coefficient (Wildman–Crippen LogP) is 2.34. The highest BCUT2D eigenvalue weighted by atomic mass is 19.4. The second-order valence-electron chi connectivity index (χ2n) is 6.08. The Labute approximate surface area is 126 Å². The van der Waals surface area contributed by atoms with Gasteiger partial charge in [0.15, 0.2) is 5.60 Å². The van der Waals surface area contributed by atoms with Crippen LogP contribution in [-0.4, -0.2) is 52.2 Å². The Hall–Kier alpha value is -1.38. The summed E-state index contributed by atoms with van der Waals surface area (Å²) in [6.07, 6.45) is 0.840. The number of nitrogens with zero attached hydrogens (tertiary/aromatic N) is 5. The van der Waals surface area contributed by atoms with Crippen molar-refractivity contribution < 1.29 is 17.9 Å². The third kappa shape index (κ3) is 2.55. The molecule has 1 saturated carbocycles. The van der Waals surface area contributed by atoms with Gasteiger partial charge in [0, 0.05) is 20.1 Å². The van der Waals surface area contributed by atoms with Gasteiger partial charge in [-0.15, -0.1) is 0 Å². The third-order valence-corrected chi connectivity index (χ3v) is 4.82. The summed E-state index contributed by atoms with van der Waals surface area (Å²) in [5.74, 6) is 0.426. The van der Waals surface area contributed by atoms with Gasteiger partial charge in [-0.1, -0.05) is 24.4 Å². The van der Waals surface area contributed by atoms with Gasteiger partial charge in [-0.2, -0.15) is 13.2 Å². The van der Waals surface area contributed by atoms with Crippen LogP contribution in [0.5, 0.6) is 0 Å². The second-order valence-corrected chi connectivity index (χ2v) is 6.08. The molecule has 1 aliphatic carbocycles. The molecule has 1 aromatic rings. The Morgan fingerprint density at radius 1 is 1.23 bits per heavy atom. The largest absolute Gasteiger partial charge is 0.419 e. The lowest BCUT2D eigenvalue weighted by Crippen LogP contribution is -2.49. The molecule has 2 aliphatic rings. The van der Waals surface area contributed by atoms with E-state index in [4.69, 9.17) is 4.74 Å². The van der Waals surface area contributed by atoms with Crippen LogP contribution in [0, 0.1) is 0 Å². The summed E-state index contributed by atoms with van der Waals surface area (Å²) in [5, 5.41) is 11.6. The van der Waals surface area contributed by atoms with E-state index in [0.29, 0.717) is 5.95 Å². The summed E-state index contributed by atoms with van der Waals surface area (Å²) in [7, 11) is 1.11. The lowest BCUT2D eigenvalue weighted by atomic mass is 9.96. The molecule has 1 aromatic heterocycles. The monoisotopic (exact) mass is 319 g/mol. The van der Waals surface area contributed by atoms with Gasteiger partial charge in [0.1, 0.15) is 0 Å². The van der Waals surface area contributed by atoms with E-state index in [-0.39, 0.29) is 25.6 Å². The molecule has 1 aliphatic heterocycles. The number of anilines is 1. The number of hydrogen-bond acceptors (Lipinski definition) is 5. The van der Waals surface area contributed by atoms with Crippen molar-refractivity contribution in [2.45, 2.75) is 56.3 Å². The van der Waals surface area contributed by atoms with Crippen LogP contribution in [0.25, 0.3) is 0 Å². The number of rotatable bonds is 3. The Bertz CT molecular complexity index is 514. The van der Waals surface area contributed by atoms with Crippen LogP contribution in [0.1, 0.15) is 44.6 Å². The van der Waals surface area contributed by atoms with Gasteiger partial charge in [0.2, 0.25) is 5.95 Å². The van der Waals surface area contributed by atoms with E-state index >= 15 is 0 Å². The molecule has 1 unspecified atom stereocenters. The van der Waals surface area contributed by atoms with E-state index in [1.807, 2.05) is 0 Å². The van der Waals surface area contributed by atoms with Crippen LogP contribution < -0.4 is 4.90 Å². The van der Waals surface area contributed by atoms with Gasteiger partial charge < -0.3 is 9.64 Å². The number of tetrazole rings is 1. The van der Waals surface area contributed by atoms with Crippen molar-refractivity contribution in [3.05, 3.63) is 0 Å². The van der Waals surface area contributed by atoms with E-state index in [0.717, 1.165) is 32.8 Å². The van der Waals surface area contributed by atoms with Crippen LogP contribution in [0.4, 0.5) is 19.1 Å². The standard InChI is InChI=1S/C13H20F3N5O/c1-22-12(13(14,15)16)7-8-20(9-12)11-17-18-19-21(11)10-5-3-2-4-6-10/h10H,2-9H2,1H3. The minimum atomic E-state index is -4.40. The summed E-state index contributed by atoms with van der Waals surface area (Å²) < 4.78 is 46.4. The summed E-state index contributed by atoms with van der Waals surface area (Å²) in [4.78, 5) is 1.59. The topological polar surface area (TPSA) is 56.1 Å². The first-order valence-corrected chi connectivity index (χ1v) is 7.61. The number of ether oxygens (including phenoxy) is 1. The SMILES string of the molecule is COC1(C(F)(F)F)CCN(c2nnnn2C2CCCCC2)C1. The minimum Gasteiger partial charge on any atom is -0.367 e. The molecule has 6 nitrogen and oxygen atoms in total. The zero-order valence-electron chi connectivity index (χ0n) is 12.5. The summed E-state index contributed by atoms with van der Waals surface area (Å²) in [5.41, 5.74) is -2.13. The molecule has 0 spiro atoms. The van der Waals surface area contributed by atoms with Crippen molar-refractivity contribution in [3.8, 4) is 0 Å². The highest BCUT2D eigenvalue weighted by Gasteiger charge is 2.59. The average Bonchev–Trinajstić information content (AvgIpc) is 3.14. The predicted molar refractivity (Wildman–Crippen MR) is 72.6 cm³/mol. The number of halogens is 3. The van der Waals surface area contributed by atoms with Gasteiger partial charge in [0.25, 0.3) is 0 Å². The van der Waals surface area contributed by atoms with Gasteiger partial charge in [0.05, 0.1) is 12.6 Å². The summed E-state index contributed by atoms with van der Waals surface area (Å²) in [6.45, 7) is -0.0272. The van der Waals surface area contributed by atoms with Crippen LogP contribution in [0.3, 0.4) is 0 Å². The molecule has 1 atom stereocenters. The molecule has 0 bridgehead atoms. The average molecular weight is 319 g/mol. The first-order chi connectivity index (χ1) is 10.5. The number of aromatic nitrogens is 4. The molecule has 124 valence electrons. The lowest BCUT2D eigenvalue weighted by molar-refractivity contribution is -0.260. The Balaban J connectivity index is 1.80. The van der Waals surface area contributed by atoms with E-state index in [2.05, 4.69) is 15.5 Å². The molecule has 0 amide bonds. The van der Waals surface area contributed by atoms with E-state index < -0.39 is 11.8 Å². The fourth-order valence-electron chi connectivity index (χ4n) is 3.43. The Kier molecular flexibility index (Phi) is 4.00. The highest BCUT2D eigenvalue weighted by Crippen LogP contribution is 2.42. The number of alkyl halides is 3. The van der Waals surface area contributed by atoms with Crippen molar-refractivity contribution in [2.24, 2.45) is 0 Å². The zero-order valence-corrected chi connectivity index (χ0v) is 12.5. The third-order valence-electron chi connectivity index (χ3n) is 4.82. The number of methoxy groups -OCH3 is 1. The molecule has 0 N–H and O–H groups in total. The molecule has 0 aromatic carbocycles. The van der Waals surface area contributed by atoms with E-state index in [1.54, 1.807) is 9.58 Å². The Morgan fingerprint density at radius 3 is 2.55 bits per heavy atom. The van der Waals surface area contributed by atoms with Gasteiger partial charge in [-0.25, -0.2) is 4.68 Å². The van der Waals surface area contributed by atoms with E-state index in [9.17, 15) is 13.2 Å². The fourth-order valence-corrected chi connectivity index (χ4v) is 3.43. The van der Waals surface area contributed by atoms with Crippen molar-refractivity contribution >= 4 is 5.95 Å². The molecule has 3 rings (SSSR count). The first kappa shape index (κ1) is 15.5.